The fraction of sp³-hybridized carbons (Fsp3) is 0.200. The molecule has 1 aromatic heterocycles. The molecule has 0 amide bonds. The minimum atomic E-state index is -0.603. The Hall–Kier alpha value is -4.38. The van der Waals surface area contributed by atoms with Crippen molar-refractivity contribution in [1.82, 2.24) is 4.57 Å². The minimum Gasteiger partial charge on any atom is -0.485 e. The van der Waals surface area contributed by atoms with Gasteiger partial charge in [-0.1, -0.05) is 6.07 Å². The number of nitrogens with zero attached hydrogens (tertiary/aromatic N) is 2. The molecule has 1 heterocycles. The van der Waals surface area contributed by atoms with Crippen molar-refractivity contribution in [2.75, 3.05) is 20.8 Å². The van der Waals surface area contributed by atoms with Crippen molar-refractivity contribution in [3.63, 3.8) is 0 Å². The average Bonchev–Trinajstić information content (AvgIpc) is 3.14. The van der Waals surface area contributed by atoms with Crippen molar-refractivity contribution in [2.45, 2.75) is 13.8 Å². The zero-order chi connectivity index (χ0) is 24.1. The number of ether oxygens (including phenoxy) is 3. The molecule has 0 spiro atoms. The number of methoxy groups -OCH3 is 2. The Bertz CT molecular complexity index is 1250. The molecule has 8 heteroatoms. The summed E-state index contributed by atoms with van der Waals surface area (Å²) in [5, 5.41) is 9.00. The number of nitriles is 1. The maximum Gasteiger partial charge on any atom is 0.337 e. The van der Waals surface area contributed by atoms with Gasteiger partial charge in [-0.15, -0.1) is 0 Å². The number of rotatable bonds is 7. The van der Waals surface area contributed by atoms with Gasteiger partial charge < -0.3 is 18.8 Å². The van der Waals surface area contributed by atoms with E-state index in [1.54, 1.807) is 54.0 Å². The topological polar surface area (TPSA) is 108 Å². The first-order chi connectivity index (χ1) is 15.8. The molecular weight excluding hydrogens is 424 g/mol. The van der Waals surface area contributed by atoms with Gasteiger partial charge in [0.15, 0.2) is 6.61 Å². The zero-order valence-electron chi connectivity index (χ0n) is 18.7. The molecule has 0 saturated heterocycles. The van der Waals surface area contributed by atoms with Crippen molar-refractivity contribution in [2.24, 2.45) is 0 Å². The van der Waals surface area contributed by atoms with Crippen LogP contribution < -0.4 is 4.74 Å². The third-order valence-corrected chi connectivity index (χ3v) is 5.08. The van der Waals surface area contributed by atoms with Crippen molar-refractivity contribution in [1.29, 1.82) is 5.26 Å². The largest absolute Gasteiger partial charge is 0.485 e. The standard InChI is InChI=1S/C25H22N2O6/c1-15-8-22(23(28)14-33-21-7-5-6-17(9-21)13-26)16(2)27(15)20-11-18(24(29)31-3)10-19(12-20)25(30)32-4/h5-12H,14H2,1-4H3. The number of carbonyl (C=O) groups is 3. The molecule has 0 radical (unpaired) electrons. The van der Waals surface area contributed by atoms with E-state index < -0.39 is 11.9 Å². The van der Waals surface area contributed by atoms with Gasteiger partial charge in [-0.2, -0.15) is 5.26 Å². The molecule has 0 N–H and O–H groups in total. The molecule has 0 aliphatic carbocycles. The molecule has 0 bridgehead atoms. The highest BCUT2D eigenvalue weighted by Gasteiger charge is 2.20. The lowest BCUT2D eigenvalue weighted by molar-refractivity contribution is 0.0598. The number of carbonyl (C=O) groups excluding carboxylic acids is 3. The summed E-state index contributed by atoms with van der Waals surface area (Å²) in [5.41, 5.74) is 3.07. The van der Waals surface area contributed by atoms with E-state index in [0.717, 1.165) is 5.69 Å². The minimum absolute atomic E-state index is 0.177. The van der Waals surface area contributed by atoms with Gasteiger partial charge in [0.1, 0.15) is 5.75 Å². The molecule has 2 aromatic carbocycles. The molecule has 0 aliphatic rings. The van der Waals surface area contributed by atoms with Crippen LogP contribution in [0.4, 0.5) is 0 Å². The monoisotopic (exact) mass is 446 g/mol. The summed E-state index contributed by atoms with van der Waals surface area (Å²) in [6.45, 7) is 3.36. The molecule has 8 nitrogen and oxygen atoms in total. The molecule has 0 saturated carbocycles. The van der Waals surface area contributed by atoms with E-state index in [2.05, 4.69) is 0 Å². The normalized spacial score (nSPS) is 10.3. The molecule has 0 fully saturated rings. The van der Waals surface area contributed by atoms with Gasteiger partial charge >= 0.3 is 11.9 Å². The van der Waals surface area contributed by atoms with Crippen LogP contribution in [0.1, 0.15) is 48.0 Å². The van der Waals surface area contributed by atoms with E-state index in [9.17, 15) is 14.4 Å². The lowest BCUT2D eigenvalue weighted by Gasteiger charge is -2.13. The van der Waals surface area contributed by atoms with Crippen LogP contribution in [0.25, 0.3) is 5.69 Å². The van der Waals surface area contributed by atoms with Crippen LogP contribution >= 0.6 is 0 Å². The highest BCUT2D eigenvalue weighted by Crippen LogP contribution is 2.24. The third-order valence-electron chi connectivity index (χ3n) is 5.08. The number of Topliss-reactive ketones (excluding diaryl/α,β-unsaturated/α-hetero) is 1. The van der Waals surface area contributed by atoms with Gasteiger partial charge in [0.2, 0.25) is 5.78 Å². The first-order valence-corrected chi connectivity index (χ1v) is 9.96. The highest BCUT2D eigenvalue weighted by molar-refractivity contribution is 5.99. The summed E-state index contributed by atoms with van der Waals surface area (Å²) >= 11 is 0. The smallest absolute Gasteiger partial charge is 0.337 e. The Labute approximate surface area is 190 Å². The molecular formula is C25H22N2O6. The van der Waals surface area contributed by atoms with E-state index >= 15 is 0 Å². The number of esters is 2. The summed E-state index contributed by atoms with van der Waals surface area (Å²) in [5.74, 6) is -1.04. The first kappa shape index (κ1) is 23.3. The van der Waals surface area contributed by atoms with Crippen LogP contribution in [-0.4, -0.2) is 43.1 Å². The number of hydrogen-bond acceptors (Lipinski definition) is 7. The van der Waals surface area contributed by atoms with E-state index in [4.69, 9.17) is 19.5 Å². The fourth-order valence-electron chi connectivity index (χ4n) is 3.54. The van der Waals surface area contributed by atoms with E-state index in [0.29, 0.717) is 28.3 Å². The predicted octanol–water partition coefficient (Wildman–Crippen LogP) is 3.80. The maximum atomic E-state index is 12.9. The van der Waals surface area contributed by atoms with Crippen LogP contribution in [0.5, 0.6) is 5.75 Å². The second-order valence-electron chi connectivity index (χ2n) is 7.22. The SMILES string of the molecule is COC(=O)c1cc(C(=O)OC)cc(-n2c(C)cc(C(=O)COc3cccc(C#N)c3)c2C)c1. The second-order valence-corrected chi connectivity index (χ2v) is 7.22. The number of hydrogen-bond donors (Lipinski definition) is 0. The van der Waals surface area contributed by atoms with E-state index in [1.807, 2.05) is 13.0 Å². The van der Waals surface area contributed by atoms with Gasteiger partial charge in [0.05, 0.1) is 37.0 Å². The van der Waals surface area contributed by atoms with Gasteiger partial charge in [-0.05, 0) is 56.3 Å². The Balaban J connectivity index is 1.95. The summed E-state index contributed by atoms with van der Waals surface area (Å²) in [6, 6.07) is 14.8. The molecule has 0 unspecified atom stereocenters. The lowest BCUT2D eigenvalue weighted by atomic mass is 10.1. The second kappa shape index (κ2) is 9.83. The molecule has 3 rings (SSSR count). The maximum absolute atomic E-state index is 12.9. The predicted molar refractivity (Wildman–Crippen MR) is 119 cm³/mol. The summed E-state index contributed by atoms with van der Waals surface area (Å²) in [6.07, 6.45) is 0. The van der Waals surface area contributed by atoms with Gasteiger partial charge in [-0.3, -0.25) is 4.79 Å². The van der Waals surface area contributed by atoms with Gasteiger partial charge in [0, 0.05) is 22.6 Å². The summed E-state index contributed by atoms with van der Waals surface area (Å²) in [4.78, 5) is 37.2. The van der Waals surface area contributed by atoms with E-state index in [-0.39, 0.29) is 23.5 Å². The molecule has 0 atom stereocenters. The average molecular weight is 446 g/mol. The number of aromatic nitrogens is 1. The molecule has 3 aromatic rings. The Morgan fingerprint density at radius 3 is 2.15 bits per heavy atom. The van der Waals surface area contributed by atoms with Gasteiger partial charge in [-0.25, -0.2) is 9.59 Å². The lowest BCUT2D eigenvalue weighted by Crippen LogP contribution is -2.13. The number of benzene rings is 2. The Kier molecular flexibility index (Phi) is 6.94. The Morgan fingerprint density at radius 2 is 1.58 bits per heavy atom. The van der Waals surface area contributed by atoms with Crippen LogP contribution in [0.3, 0.4) is 0 Å². The molecule has 0 aliphatic heterocycles. The molecule has 33 heavy (non-hydrogen) atoms. The van der Waals surface area contributed by atoms with Crippen LogP contribution in [0.2, 0.25) is 0 Å². The fourth-order valence-corrected chi connectivity index (χ4v) is 3.54. The van der Waals surface area contributed by atoms with Crippen molar-refractivity contribution >= 4 is 17.7 Å². The van der Waals surface area contributed by atoms with Gasteiger partial charge in [0.25, 0.3) is 0 Å². The zero-order valence-corrected chi connectivity index (χ0v) is 18.7. The highest BCUT2D eigenvalue weighted by atomic mass is 16.5. The van der Waals surface area contributed by atoms with Crippen molar-refractivity contribution < 1.29 is 28.6 Å². The van der Waals surface area contributed by atoms with Crippen molar-refractivity contribution in [3.8, 4) is 17.5 Å². The summed E-state index contributed by atoms with van der Waals surface area (Å²) in [7, 11) is 2.50. The Morgan fingerprint density at radius 1 is 0.939 bits per heavy atom. The molecule has 168 valence electrons. The van der Waals surface area contributed by atoms with E-state index in [1.165, 1.54) is 20.3 Å². The van der Waals surface area contributed by atoms with Crippen molar-refractivity contribution in [3.05, 3.63) is 82.2 Å². The first-order valence-electron chi connectivity index (χ1n) is 9.96. The number of aryl methyl sites for hydroxylation is 1. The quantitative estimate of drug-likeness (QED) is 0.401. The van der Waals surface area contributed by atoms with Crippen LogP contribution in [0.15, 0.2) is 48.5 Å². The van der Waals surface area contributed by atoms with Crippen LogP contribution in [-0.2, 0) is 9.47 Å². The van der Waals surface area contributed by atoms with Crippen LogP contribution in [0, 0.1) is 25.2 Å². The third kappa shape index (κ3) is 4.93. The number of ketones is 1. The summed E-state index contributed by atoms with van der Waals surface area (Å²) < 4.78 is 16.9.